The fourth-order valence-corrected chi connectivity index (χ4v) is 1.17. The van der Waals surface area contributed by atoms with Crippen molar-refractivity contribution < 1.29 is 18.0 Å². The van der Waals surface area contributed by atoms with E-state index in [1.54, 1.807) is 5.32 Å². The average molecular weight is 259 g/mol. The van der Waals surface area contributed by atoms with Gasteiger partial charge < -0.3 is 5.32 Å². The Morgan fingerprint density at radius 1 is 1.27 bits per heavy atom. The third-order valence-electron chi connectivity index (χ3n) is 1.35. The molecule has 0 aromatic carbocycles. The molecule has 82 valence electrons. The molecule has 1 amide bonds. The number of aromatic nitrogens is 1. The maximum absolute atomic E-state index is 11.9. The van der Waals surface area contributed by atoms with Crippen molar-refractivity contribution in [2.24, 2.45) is 0 Å². The Balaban J connectivity index is 2.95. The zero-order chi connectivity index (χ0) is 11.6. The molecule has 0 saturated heterocycles. The van der Waals surface area contributed by atoms with Gasteiger partial charge in [0.2, 0.25) is 0 Å². The Hall–Kier alpha value is -1.01. The van der Waals surface area contributed by atoms with Crippen molar-refractivity contribution in [3.05, 3.63) is 22.4 Å². The Labute approximate surface area is 92.2 Å². The van der Waals surface area contributed by atoms with Crippen LogP contribution in [0.1, 0.15) is 0 Å². The highest BCUT2D eigenvalue weighted by Crippen LogP contribution is 2.30. The molecule has 0 atom stereocenters. The predicted molar refractivity (Wildman–Crippen MR) is 48.9 cm³/mol. The molecule has 8 heteroatoms. The minimum Gasteiger partial charge on any atom is -0.316 e. The number of nitrogens with one attached hydrogen (secondary N) is 1. The van der Waals surface area contributed by atoms with E-state index in [2.05, 4.69) is 4.98 Å². The Morgan fingerprint density at radius 3 is 2.13 bits per heavy atom. The molecule has 1 heterocycles. The summed E-state index contributed by atoms with van der Waals surface area (Å²) in [5, 5.41) is 1.22. The van der Waals surface area contributed by atoms with Gasteiger partial charge in [-0.2, -0.15) is 13.2 Å². The Bertz CT molecular complexity index is 374. The molecule has 1 aromatic rings. The number of hydrogen-bond acceptors (Lipinski definition) is 2. The van der Waals surface area contributed by atoms with Crippen molar-refractivity contribution in [1.82, 2.24) is 4.98 Å². The second kappa shape index (κ2) is 4.24. The van der Waals surface area contributed by atoms with Gasteiger partial charge in [-0.15, -0.1) is 0 Å². The van der Waals surface area contributed by atoms with Crippen molar-refractivity contribution >= 4 is 34.8 Å². The lowest BCUT2D eigenvalue weighted by Gasteiger charge is -2.10. The van der Waals surface area contributed by atoms with E-state index in [1.165, 1.54) is 0 Å². The summed E-state index contributed by atoms with van der Waals surface area (Å²) >= 11 is 11.0. The van der Waals surface area contributed by atoms with Crippen molar-refractivity contribution in [3.63, 3.8) is 0 Å². The van der Waals surface area contributed by atoms with Crippen LogP contribution >= 0.6 is 23.2 Å². The Kier molecular flexibility index (Phi) is 3.41. The van der Waals surface area contributed by atoms with Gasteiger partial charge in [0, 0.05) is 12.4 Å². The summed E-state index contributed by atoms with van der Waals surface area (Å²) in [5.74, 6) is -2.14. The summed E-state index contributed by atoms with van der Waals surface area (Å²) in [6, 6.07) is 0. The molecule has 1 aromatic heterocycles. The smallest absolute Gasteiger partial charge is 0.316 e. The van der Waals surface area contributed by atoms with E-state index in [4.69, 9.17) is 23.2 Å². The van der Waals surface area contributed by atoms with Gasteiger partial charge in [-0.3, -0.25) is 9.78 Å². The topological polar surface area (TPSA) is 42.0 Å². The number of carbonyl (C=O) groups excluding carboxylic acids is 1. The number of carbonyl (C=O) groups is 1. The van der Waals surface area contributed by atoms with Gasteiger partial charge in [0.15, 0.2) is 0 Å². The van der Waals surface area contributed by atoms with Crippen LogP contribution in [0.4, 0.5) is 18.9 Å². The maximum atomic E-state index is 11.9. The first-order valence-corrected chi connectivity index (χ1v) is 4.25. The summed E-state index contributed by atoms with van der Waals surface area (Å²) in [6.07, 6.45) is -2.85. The largest absolute Gasteiger partial charge is 0.471 e. The lowest BCUT2D eigenvalue weighted by molar-refractivity contribution is -0.167. The van der Waals surface area contributed by atoms with Crippen LogP contribution in [-0.2, 0) is 4.79 Å². The summed E-state index contributed by atoms with van der Waals surface area (Å²) in [5.41, 5.74) is -0.310. The number of rotatable bonds is 1. The van der Waals surface area contributed by atoms with E-state index in [-0.39, 0.29) is 15.7 Å². The SMILES string of the molecule is O=C(Nc1c(Cl)cncc1Cl)C(F)(F)F. The van der Waals surface area contributed by atoms with Crippen molar-refractivity contribution in [1.29, 1.82) is 0 Å². The molecular formula is C7H3Cl2F3N2O. The van der Waals surface area contributed by atoms with Gasteiger partial charge in [-0.25, -0.2) is 0 Å². The highest BCUT2D eigenvalue weighted by molar-refractivity contribution is 6.39. The molecule has 15 heavy (non-hydrogen) atoms. The molecule has 1 rings (SSSR count). The molecule has 0 aliphatic carbocycles. The molecule has 0 radical (unpaired) electrons. The van der Waals surface area contributed by atoms with Crippen LogP contribution in [0.3, 0.4) is 0 Å². The number of pyridine rings is 1. The monoisotopic (exact) mass is 258 g/mol. The minimum atomic E-state index is -4.99. The molecule has 1 N–H and O–H groups in total. The quantitative estimate of drug-likeness (QED) is 0.842. The lowest BCUT2D eigenvalue weighted by atomic mass is 10.4. The van der Waals surface area contributed by atoms with Crippen LogP contribution in [0.5, 0.6) is 0 Å². The van der Waals surface area contributed by atoms with Crippen LogP contribution in [-0.4, -0.2) is 17.1 Å². The van der Waals surface area contributed by atoms with E-state index in [9.17, 15) is 18.0 Å². The van der Waals surface area contributed by atoms with E-state index in [0.717, 1.165) is 12.4 Å². The van der Waals surface area contributed by atoms with E-state index in [1.807, 2.05) is 0 Å². The van der Waals surface area contributed by atoms with Crippen LogP contribution < -0.4 is 5.32 Å². The number of nitrogens with zero attached hydrogens (tertiary/aromatic N) is 1. The Morgan fingerprint density at radius 2 is 1.73 bits per heavy atom. The number of hydrogen-bond donors (Lipinski definition) is 1. The third-order valence-corrected chi connectivity index (χ3v) is 1.92. The second-order valence-electron chi connectivity index (χ2n) is 2.43. The average Bonchev–Trinajstić information content (AvgIpc) is 2.09. The zero-order valence-corrected chi connectivity index (χ0v) is 8.41. The van der Waals surface area contributed by atoms with Gasteiger partial charge >= 0.3 is 12.1 Å². The van der Waals surface area contributed by atoms with E-state index < -0.39 is 12.1 Å². The number of alkyl halides is 3. The fraction of sp³-hybridized carbons (Fsp3) is 0.143. The van der Waals surface area contributed by atoms with Gasteiger partial charge in [-0.1, -0.05) is 23.2 Å². The van der Waals surface area contributed by atoms with Gasteiger partial charge in [0.25, 0.3) is 0 Å². The molecule has 0 spiro atoms. The van der Waals surface area contributed by atoms with Gasteiger partial charge in [-0.05, 0) is 0 Å². The molecule has 0 bridgehead atoms. The molecule has 0 aliphatic rings. The first-order valence-electron chi connectivity index (χ1n) is 3.49. The van der Waals surface area contributed by atoms with E-state index in [0.29, 0.717) is 0 Å². The summed E-state index contributed by atoms with van der Waals surface area (Å²) in [7, 11) is 0. The summed E-state index contributed by atoms with van der Waals surface area (Å²) in [4.78, 5) is 14.1. The molecule has 0 saturated carbocycles. The van der Waals surface area contributed by atoms with Crippen LogP contribution in [0, 0.1) is 0 Å². The molecule has 3 nitrogen and oxygen atoms in total. The maximum Gasteiger partial charge on any atom is 0.471 e. The van der Waals surface area contributed by atoms with Crippen LogP contribution in [0.2, 0.25) is 10.0 Å². The summed E-state index contributed by atoms with van der Waals surface area (Å²) < 4.78 is 35.7. The van der Waals surface area contributed by atoms with Crippen molar-refractivity contribution in [2.45, 2.75) is 6.18 Å². The molecular weight excluding hydrogens is 256 g/mol. The third kappa shape index (κ3) is 2.97. The number of anilines is 1. The molecule has 0 aliphatic heterocycles. The minimum absolute atomic E-state index is 0.167. The molecule has 0 unspecified atom stereocenters. The number of halogens is 5. The fourth-order valence-electron chi connectivity index (χ4n) is 0.715. The first kappa shape index (κ1) is 12.1. The highest BCUT2D eigenvalue weighted by atomic mass is 35.5. The number of amides is 1. The summed E-state index contributed by atoms with van der Waals surface area (Å²) in [6.45, 7) is 0. The van der Waals surface area contributed by atoms with Gasteiger partial charge in [0.1, 0.15) is 0 Å². The zero-order valence-electron chi connectivity index (χ0n) is 6.90. The standard InChI is InChI=1S/C7H3Cl2F3N2O/c8-3-1-13-2-4(9)5(3)14-6(15)7(10,11)12/h1-2H,(H,13,14,15). The lowest BCUT2D eigenvalue weighted by Crippen LogP contribution is -2.30. The van der Waals surface area contributed by atoms with Crippen LogP contribution in [0.15, 0.2) is 12.4 Å². The predicted octanol–water partition coefficient (Wildman–Crippen LogP) is 2.89. The van der Waals surface area contributed by atoms with Crippen molar-refractivity contribution in [2.75, 3.05) is 5.32 Å². The van der Waals surface area contributed by atoms with E-state index >= 15 is 0 Å². The second-order valence-corrected chi connectivity index (χ2v) is 3.24. The first-order chi connectivity index (χ1) is 6.82. The highest BCUT2D eigenvalue weighted by Gasteiger charge is 2.39. The van der Waals surface area contributed by atoms with Gasteiger partial charge in [0.05, 0.1) is 15.7 Å². The van der Waals surface area contributed by atoms with Crippen molar-refractivity contribution in [3.8, 4) is 0 Å². The van der Waals surface area contributed by atoms with Crippen LogP contribution in [0.25, 0.3) is 0 Å². The normalized spacial score (nSPS) is 11.3. The molecule has 0 fully saturated rings.